The zero-order valence-corrected chi connectivity index (χ0v) is 12.6. The van der Waals surface area contributed by atoms with Gasteiger partial charge in [0.05, 0.1) is 13.1 Å². The molecule has 5 heteroatoms. The molecule has 0 aliphatic carbocycles. The van der Waals surface area contributed by atoms with Crippen LogP contribution in [-0.4, -0.2) is 48.4 Å². The predicted molar refractivity (Wildman–Crippen MR) is 78.1 cm³/mol. The number of likely N-dealkylation sites (tertiary alicyclic amines) is 1. The monoisotopic (exact) mass is 279 g/mol. The lowest BCUT2D eigenvalue weighted by molar-refractivity contribution is -0.132. The summed E-state index contributed by atoms with van der Waals surface area (Å²) in [4.78, 5) is 16.1. The van der Waals surface area contributed by atoms with Gasteiger partial charge in [0.2, 0.25) is 5.91 Å². The number of nitrogens with zero attached hydrogens (tertiary/aromatic N) is 2. The van der Waals surface area contributed by atoms with Crippen molar-refractivity contribution in [3.63, 3.8) is 0 Å². The summed E-state index contributed by atoms with van der Waals surface area (Å²) < 4.78 is 5.50. The van der Waals surface area contributed by atoms with Crippen LogP contribution in [0.5, 0.6) is 0 Å². The van der Waals surface area contributed by atoms with Gasteiger partial charge in [-0.05, 0) is 37.9 Å². The number of hydrogen-bond donors (Lipinski definition) is 1. The number of amides is 1. The van der Waals surface area contributed by atoms with Crippen molar-refractivity contribution in [2.45, 2.75) is 32.9 Å². The van der Waals surface area contributed by atoms with Crippen LogP contribution in [0.1, 0.15) is 24.9 Å². The summed E-state index contributed by atoms with van der Waals surface area (Å²) in [5.41, 5.74) is 6.07. The van der Waals surface area contributed by atoms with Crippen molar-refractivity contribution in [3.05, 3.63) is 23.7 Å². The van der Waals surface area contributed by atoms with E-state index in [1.807, 2.05) is 26.1 Å². The molecule has 1 amide bonds. The Balaban J connectivity index is 1.82. The van der Waals surface area contributed by atoms with Gasteiger partial charge >= 0.3 is 0 Å². The van der Waals surface area contributed by atoms with Crippen molar-refractivity contribution in [2.24, 2.45) is 11.7 Å². The summed E-state index contributed by atoms with van der Waals surface area (Å²) in [6.45, 7) is 6.80. The Bertz CT molecular complexity index is 458. The second kappa shape index (κ2) is 6.41. The van der Waals surface area contributed by atoms with Crippen LogP contribution >= 0.6 is 0 Å². The highest BCUT2D eigenvalue weighted by atomic mass is 16.3. The minimum atomic E-state index is 0.112. The summed E-state index contributed by atoms with van der Waals surface area (Å²) in [6, 6.07) is 4.01. The third-order valence-electron chi connectivity index (χ3n) is 4.07. The number of carbonyl (C=O) groups excluding carboxylic acids is 1. The standard InChI is InChI=1S/C15H25N3O2/c1-11-6-7-18(9-14(11)16)10-15(19)17(3)8-13-5-4-12(2)20-13/h4-5,11,14H,6-10,16H2,1-3H3. The van der Waals surface area contributed by atoms with E-state index in [1.54, 1.807) is 4.90 Å². The normalized spacial score (nSPS) is 23.8. The van der Waals surface area contributed by atoms with Gasteiger partial charge in [-0.25, -0.2) is 0 Å². The average Bonchev–Trinajstić information content (AvgIpc) is 2.79. The van der Waals surface area contributed by atoms with Crippen molar-refractivity contribution >= 4 is 5.91 Å². The second-order valence-corrected chi connectivity index (χ2v) is 5.93. The summed E-state index contributed by atoms with van der Waals surface area (Å²) in [6.07, 6.45) is 1.07. The Kier molecular flexibility index (Phi) is 4.83. The van der Waals surface area contributed by atoms with Crippen molar-refractivity contribution in [3.8, 4) is 0 Å². The van der Waals surface area contributed by atoms with Gasteiger partial charge in [0, 0.05) is 19.6 Å². The molecule has 2 N–H and O–H groups in total. The number of aryl methyl sites for hydroxylation is 1. The van der Waals surface area contributed by atoms with E-state index < -0.39 is 0 Å². The first-order valence-electron chi connectivity index (χ1n) is 7.23. The Hall–Kier alpha value is -1.33. The molecule has 2 atom stereocenters. The molecular weight excluding hydrogens is 254 g/mol. The third kappa shape index (κ3) is 3.84. The molecule has 0 radical (unpaired) electrons. The number of furan rings is 1. The number of piperidine rings is 1. The van der Waals surface area contributed by atoms with Crippen LogP contribution < -0.4 is 5.73 Å². The van der Waals surface area contributed by atoms with E-state index in [-0.39, 0.29) is 11.9 Å². The van der Waals surface area contributed by atoms with Gasteiger partial charge in [-0.2, -0.15) is 0 Å². The highest BCUT2D eigenvalue weighted by Gasteiger charge is 2.25. The quantitative estimate of drug-likeness (QED) is 0.900. The molecule has 2 unspecified atom stereocenters. The van der Waals surface area contributed by atoms with E-state index in [0.717, 1.165) is 31.0 Å². The van der Waals surface area contributed by atoms with Crippen molar-refractivity contribution in [1.29, 1.82) is 0 Å². The predicted octanol–water partition coefficient (Wildman–Crippen LogP) is 1.22. The van der Waals surface area contributed by atoms with E-state index in [2.05, 4.69) is 11.8 Å². The molecule has 1 aromatic heterocycles. The van der Waals surface area contributed by atoms with Crippen LogP contribution in [0.25, 0.3) is 0 Å². The molecule has 0 saturated carbocycles. The minimum Gasteiger partial charge on any atom is -0.464 e. The Labute approximate surface area is 120 Å². The average molecular weight is 279 g/mol. The van der Waals surface area contributed by atoms with E-state index in [1.165, 1.54) is 0 Å². The van der Waals surface area contributed by atoms with Crippen molar-refractivity contribution in [2.75, 3.05) is 26.7 Å². The lowest BCUT2D eigenvalue weighted by atomic mass is 9.94. The summed E-state index contributed by atoms with van der Waals surface area (Å²) >= 11 is 0. The van der Waals surface area contributed by atoms with E-state index in [0.29, 0.717) is 19.0 Å². The first-order chi connectivity index (χ1) is 9.45. The maximum atomic E-state index is 12.2. The van der Waals surface area contributed by atoms with Gasteiger partial charge in [-0.15, -0.1) is 0 Å². The van der Waals surface area contributed by atoms with Crippen LogP contribution in [0.15, 0.2) is 16.5 Å². The maximum absolute atomic E-state index is 12.2. The molecule has 112 valence electrons. The lowest BCUT2D eigenvalue weighted by Crippen LogP contribution is -2.50. The van der Waals surface area contributed by atoms with Crippen LogP contribution in [-0.2, 0) is 11.3 Å². The van der Waals surface area contributed by atoms with Crippen molar-refractivity contribution in [1.82, 2.24) is 9.80 Å². The summed E-state index contributed by atoms with van der Waals surface area (Å²) in [5.74, 6) is 2.35. The van der Waals surface area contributed by atoms with Gasteiger partial charge in [-0.1, -0.05) is 6.92 Å². The molecule has 1 saturated heterocycles. The molecule has 1 aliphatic rings. The molecular formula is C15H25N3O2. The molecule has 20 heavy (non-hydrogen) atoms. The number of likely N-dealkylation sites (N-methyl/N-ethyl adjacent to an activating group) is 1. The summed E-state index contributed by atoms with van der Waals surface area (Å²) in [5, 5.41) is 0. The van der Waals surface area contributed by atoms with E-state index >= 15 is 0 Å². The SMILES string of the molecule is Cc1ccc(CN(C)C(=O)CN2CCC(C)C(N)C2)o1. The Morgan fingerprint density at radius 2 is 2.30 bits per heavy atom. The number of carbonyl (C=O) groups is 1. The Morgan fingerprint density at radius 3 is 2.90 bits per heavy atom. The number of nitrogens with two attached hydrogens (primary N) is 1. The zero-order chi connectivity index (χ0) is 14.7. The van der Waals surface area contributed by atoms with Crippen LogP contribution in [0.4, 0.5) is 0 Å². The van der Waals surface area contributed by atoms with Gasteiger partial charge in [-0.3, -0.25) is 9.69 Å². The van der Waals surface area contributed by atoms with Crippen LogP contribution in [0, 0.1) is 12.8 Å². The fourth-order valence-corrected chi connectivity index (χ4v) is 2.52. The first kappa shape index (κ1) is 15.1. The van der Waals surface area contributed by atoms with Gasteiger partial charge in [0.25, 0.3) is 0 Å². The minimum absolute atomic E-state index is 0.112. The molecule has 2 rings (SSSR count). The highest BCUT2D eigenvalue weighted by molar-refractivity contribution is 5.77. The maximum Gasteiger partial charge on any atom is 0.236 e. The smallest absolute Gasteiger partial charge is 0.236 e. The molecule has 0 aromatic carbocycles. The molecule has 5 nitrogen and oxygen atoms in total. The van der Waals surface area contributed by atoms with Gasteiger partial charge in [0.1, 0.15) is 11.5 Å². The second-order valence-electron chi connectivity index (χ2n) is 5.93. The molecule has 1 aromatic rings. The molecule has 2 heterocycles. The highest BCUT2D eigenvalue weighted by Crippen LogP contribution is 2.15. The number of rotatable bonds is 4. The number of hydrogen-bond acceptors (Lipinski definition) is 4. The fraction of sp³-hybridized carbons (Fsp3) is 0.667. The van der Waals surface area contributed by atoms with Crippen LogP contribution in [0.3, 0.4) is 0 Å². The Morgan fingerprint density at radius 1 is 1.55 bits per heavy atom. The van der Waals surface area contributed by atoms with E-state index in [4.69, 9.17) is 10.2 Å². The molecule has 0 bridgehead atoms. The fourth-order valence-electron chi connectivity index (χ4n) is 2.52. The largest absolute Gasteiger partial charge is 0.464 e. The lowest BCUT2D eigenvalue weighted by Gasteiger charge is -2.35. The topological polar surface area (TPSA) is 62.7 Å². The summed E-state index contributed by atoms with van der Waals surface area (Å²) in [7, 11) is 1.81. The van der Waals surface area contributed by atoms with Crippen molar-refractivity contribution < 1.29 is 9.21 Å². The molecule has 0 spiro atoms. The first-order valence-corrected chi connectivity index (χ1v) is 7.23. The molecule has 1 aliphatic heterocycles. The van der Waals surface area contributed by atoms with E-state index in [9.17, 15) is 4.79 Å². The third-order valence-corrected chi connectivity index (χ3v) is 4.07. The van der Waals surface area contributed by atoms with Gasteiger partial charge < -0.3 is 15.1 Å². The molecule has 1 fully saturated rings. The van der Waals surface area contributed by atoms with Crippen LogP contribution in [0.2, 0.25) is 0 Å². The van der Waals surface area contributed by atoms with Gasteiger partial charge in [0.15, 0.2) is 0 Å². The zero-order valence-electron chi connectivity index (χ0n) is 12.6.